The van der Waals surface area contributed by atoms with Crippen LogP contribution in [-0.4, -0.2) is 21.2 Å². The van der Waals surface area contributed by atoms with Crippen molar-refractivity contribution in [3.63, 3.8) is 0 Å². The molecule has 0 saturated heterocycles. The summed E-state index contributed by atoms with van der Waals surface area (Å²) in [6.07, 6.45) is 1.23. The van der Waals surface area contributed by atoms with Crippen LogP contribution in [0.25, 0.3) is 0 Å². The van der Waals surface area contributed by atoms with Crippen LogP contribution in [0, 0.1) is 0 Å². The molecule has 0 N–H and O–H groups in total. The maximum Gasteiger partial charge on any atom is 0.232 e. The molecule has 0 heterocycles. The summed E-state index contributed by atoms with van der Waals surface area (Å²) in [5.74, 6) is 0.461. The van der Waals surface area contributed by atoms with Gasteiger partial charge < -0.3 is 0 Å². The van der Waals surface area contributed by atoms with E-state index in [2.05, 4.69) is 13.8 Å². The molecule has 0 aromatic heterocycles. The lowest BCUT2D eigenvalue weighted by Crippen LogP contribution is -2.29. The van der Waals surface area contributed by atoms with Crippen molar-refractivity contribution in [3.05, 3.63) is 29.8 Å². The average Bonchev–Trinajstić information content (AvgIpc) is 2.17. The van der Waals surface area contributed by atoms with Crippen LogP contribution in [0.15, 0.2) is 24.3 Å². The highest BCUT2D eigenvalue weighted by Crippen LogP contribution is 2.21. The Kier molecular flexibility index (Phi) is 3.97. The Bertz CT molecular complexity index is 435. The number of sulfonamides is 1. The monoisotopic (exact) mass is 241 g/mol. The summed E-state index contributed by atoms with van der Waals surface area (Å²) in [4.78, 5) is 0. The first-order valence-electron chi connectivity index (χ1n) is 5.44. The molecule has 0 atom stereocenters. The van der Waals surface area contributed by atoms with Gasteiger partial charge in [-0.15, -0.1) is 0 Å². The highest BCUT2D eigenvalue weighted by atomic mass is 32.2. The fourth-order valence-corrected chi connectivity index (χ4v) is 2.61. The van der Waals surface area contributed by atoms with Crippen LogP contribution in [0.4, 0.5) is 5.69 Å². The van der Waals surface area contributed by atoms with Gasteiger partial charge in [0.05, 0.1) is 11.9 Å². The molecule has 90 valence electrons. The Morgan fingerprint density at radius 3 is 2.00 bits per heavy atom. The Hall–Kier alpha value is -1.03. The zero-order valence-corrected chi connectivity index (χ0v) is 11.1. The summed E-state index contributed by atoms with van der Waals surface area (Å²) in [5, 5.41) is 0. The van der Waals surface area contributed by atoms with Gasteiger partial charge in [0.25, 0.3) is 0 Å². The van der Waals surface area contributed by atoms with Gasteiger partial charge >= 0.3 is 0 Å². The van der Waals surface area contributed by atoms with Crippen molar-refractivity contribution in [1.82, 2.24) is 0 Å². The number of rotatable bonds is 4. The predicted molar refractivity (Wildman–Crippen MR) is 68.4 cm³/mol. The van der Waals surface area contributed by atoms with E-state index in [4.69, 9.17) is 0 Å². The van der Waals surface area contributed by atoms with E-state index in [-0.39, 0.29) is 0 Å². The zero-order valence-electron chi connectivity index (χ0n) is 10.3. The van der Waals surface area contributed by atoms with Crippen molar-refractivity contribution in [1.29, 1.82) is 0 Å². The zero-order chi connectivity index (χ0) is 12.3. The van der Waals surface area contributed by atoms with Crippen LogP contribution in [0.1, 0.15) is 32.3 Å². The second-order valence-electron chi connectivity index (χ2n) is 4.17. The predicted octanol–water partition coefficient (Wildman–Crippen LogP) is 2.60. The summed E-state index contributed by atoms with van der Waals surface area (Å²) < 4.78 is 24.4. The minimum Gasteiger partial charge on any atom is -0.271 e. The van der Waals surface area contributed by atoms with Crippen molar-refractivity contribution >= 4 is 15.7 Å². The molecule has 0 aliphatic heterocycles. The van der Waals surface area contributed by atoms with Crippen LogP contribution in [0.5, 0.6) is 0 Å². The molecule has 16 heavy (non-hydrogen) atoms. The molecule has 4 heteroatoms. The van der Waals surface area contributed by atoms with Gasteiger partial charge in [-0.25, -0.2) is 8.42 Å². The third-order valence-corrected chi connectivity index (χ3v) is 3.80. The van der Waals surface area contributed by atoms with Gasteiger partial charge in [-0.05, 0) is 30.5 Å². The molecule has 0 aliphatic rings. The second kappa shape index (κ2) is 4.87. The maximum absolute atomic E-state index is 11.5. The van der Waals surface area contributed by atoms with E-state index in [1.807, 2.05) is 31.2 Å². The van der Waals surface area contributed by atoms with Crippen molar-refractivity contribution in [3.8, 4) is 0 Å². The largest absolute Gasteiger partial charge is 0.271 e. The van der Waals surface area contributed by atoms with Crippen LogP contribution in [0.3, 0.4) is 0 Å². The lowest BCUT2D eigenvalue weighted by atomic mass is 10.0. The molecular formula is C12H19NO2S. The van der Waals surface area contributed by atoms with E-state index in [1.165, 1.54) is 16.1 Å². The molecule has 3 nitrogen and oxygen atoms in total. The first kappa shape index (κ1) is 13.0. The maximum atomic E-state index is 11.5. The van der Waals surface area contributed by atoms with Crippen molar-refractivity contribution in [2.24, 2.45) is 0 Å². The molecule has 0 bridgehead atoms. The smallest absolute Gasteiger partial charge is 0.232 e. The van der Waals surface area contributed by atoms with Crippen LogP contribution < -0.4 is 4.31 Å². The van der Waals surface area contributed by atoms with Gasteiger partial charge in [-0.2, -0.15) is 0 Å². The van der Waals surface area contributed by atoms with Crippen LogP contribution in [-0.2, 0) is 10.0 Å². The molecule has 0 unspecified atom stereocenters. The molecule has 1 rings (SSSR count). The number of anilines is 1. The molecule has 1 aromatic carbocycles. The molecule has 0 fully saturated rings. The van der Waals surface area contributed by atoms with Gasteiger partial charge in [0.15, 0.2) is 0 Å². The first-order chi connectivity index (χ1) is 7.36. The van der Waals surface area contributed by atoms with E-state index in [1.54, 1.807) is 0 Å². The standard InChI is InChI=1S/C12H19NO2S/c1-5-13(16(4,14)15)12-8-6-11(7-9-12)10(2)3/h6-10H,5H2,1-4H3. The Morgan fingerprint density at radius 1 is 1.19 bits per heavy atom. The van der Waals surface area contributed by atoms with Gasteiger partial charge in [0.2, 0.25) is 10.0 Å². The topological polar surface area (TPSA) is 37.4 Å². The van der Waals surface area contributed by atoms with Crippen LogP contribution >= 0.6 is 0 Å². The SMILES string of the molecule is CCN(c1ccc(C(C)C)cc1)S(C)(=O)=O. The molecule has 0 aliphatic carbocycles. The number of hydrogen-bond donors (Lipinski definition) is 0. The number of benzene rings is 1. The Morgan fingerprint density at radius 2 is 1.69 bits per heavy atom. The quantitative estimate of drug-likeness (QED) is 0.812. The van der Waals surface area contributed by atoms with Gasteiger partial charge in [-0.3, -0.25) is 4.31 Å². The van der Waals surface area contributed by atoms with Gasteiger partial charge in [0, 0.05) is 6.54 Å². The third-order valence-electron chi connectivity index (χ3n) is 2.54. The molecule has 0 saturated carbocycles. The highest BCUT2D eigenvalue weighted by Gasteiger charge is 2.14. The summed E-state index contributed by atoms with van der Waals surface area (Å²) in [7, 11) is -3.17. The van der Waals surface area contributed by atoms with Gasteiger partial charge in [-0.1, -0.05) is 26.0 Å². The summed E-state index contributed by atoms with van der Waals surface area (Å²) in [5.41, 5.74) is 1.95. The minimum atomic E-state index is -3.17. The molecule has 1 aromatic rings. The second-order valence-corrected chi connectivity index (χ2v) is 6.08. The fourth-order valence-electron chi connectivity index (χ4n) is 1.63. The molecular weight excluding hydrogens is 222 g/mol. The lowest BCUT2D eigenvalue weighted by Gasteiger charge is -2.20. The van der Waals surface area contributed by atoms with E-state index in [0.29, 0.717) is 12.5 Å². The highest BCUT2D eigenvalue weighted by molar-refractivity contribution is 7.92. The molecule has 0 radical (unpaired) electrons. The average molecular weight is 241 g/mol. The van der Waals surface area contributed by atoms with Crippen molar-refractivity contribution < 1.29 is 8.42 Å². The number of nitrogens with zero attached hydrogens (tertiary/aromatic N) is 1. The summed E-state index contributed by atoms with van der Waals surface area (Å²) in [6, 6.07) is 7.68. The fraction of sp³-hybridized carbons (Fsp3) is 0.500. The van der Waals surface area contributed by atoms with E-state index < -0.39 is 10.0 Å². The summed E-state index contributed by atoms with van der Waals surface area (Å²) >= 11 is 0. The number of hydrogen-bond acceptors (Lipinski definition) is 2. The van der Waals surface area contributed by atoms with E-state index in [9.17, 15) is 8.42 Å². The van der Waals surface area contributed by atoms with Crippen molar-refractivity contribution in [2.75, 3.05) is 17.1 Å². The van der Waals surface area contributed by atoms with Crippen molar-refractivity contribution in [2.45, 2.75) is 26.7 Å². The third kappa shape index (κ3) is 2.98. The van der Waals surface area contributed by atoms with E-state index >= 15 is 0 Å². The summed E-state index contributed by atoms with van der Waals surface area (Å²) in [6.45, 7) is 6.52. The Balaban J connectivity index is 3.05. The lowest BCUT2D eigenvalue weighted by molar-refractivity contribution is 0.598. The first-order valence-corrected chi connectivity index (χ1v) is 7.28. The van der Waals surface area contributed by atoms with Crippen LogP contribution in [0.2, 0.25) is 0 Å². The molecule has 0 spiro atoms. The molecule has 0 amide bonds. The van der Waals surface area contributed by atoms with Gasteiger partial charge in [0.1, 0.15) is 0 Å². The Labute approximate surface area is 98.1 Å². The normalized spacial score (nSPS) is 11.8. The minimum absolute atomic E-state index is 0.458. The van der Waals surface area contributed by atoms with E-state index in [0.717, 1.165) is 5.69 Å².